The van der Waals surface area contributed by atoms with Gasteiger partial charge in [0.25, 0.3) is 0 Å². The molecule has 1 N–H and O–H groups in total. The van der Waals surface area contributed by atoms with Crippen molar-refractivity contribution < 1.29 is 9.90 Å². The van der Waals surface area contributed by atoms with Gasteiger partial charge in [0.15, 0.2) is 0 Å². The van der Waals surface area contributed by atoms with Gasteiger partial charge in [-0.05, 0) is 18.1 Å². The standard InChI is InChI=1S/C9H8N2O2/c10-3-1-2-7-4-8(9(12)13)6-11-5-7/h4-6H,1-2H2,(H,12,13). The lowest BCUT2D eigenvalue weighted by Gasteiger charge is -1.97. The second kappa shape index (κ2) is 4.21. The number of carboxylic acid groups (broad SMARTS) is 1. The number of nitrogens with zero attached hydrogens (tertiary/aromatic N) is 2. The Hall–Kier alpha value is -1.89. The largest absolute Gasteiger partial charge is 0.478 e. The second-order valence-electron chi connectivity index (χ2n) is 2.55. The van der Waals surface area contributed by atoms with E-state index in [4.69, 9.17) is 10.4 Å². The van der Waals surface area contributed by atoms with E-state index in [-0.39, 0.29) is 5.56 Å². The quantitative estimate of drug-likeness (QED) is 0.751. The molecule has 0 unspecified atom stereocenters. The van der Waals surface area contributed by atoms with Crippen LogP contribution in [0.1, 0.15) is 22.3 Å². The Kier molecular flexibility index (Phi) is 2.98. The van der Waals surface area contributed by atoms with Gasteiger partial charge in [0.05, 0.1) is 11.6 Å². The Balaban J connectivity index is 2.80. The van der Waals surface area contributed by atoms with Gasteiger partial charge in [-0.25, -0.2) is 4.79 Å². The highest BCUT2D eigenvalue weighted by molar-refractivity contribution is 5.87. The third-order valence-corrected chi connectivity index (χ3v) is 1.57. The van der Waals surface area contributed by atoms with Crippen LogP contribution < -0.4 is 0 Å². The van der Waals surface area contributed by atoms with Gasteiger partial charge in [-0.15, -0.1) is 0 Å². The fourth-order valence-electron chi connectivity index (χ4n) is 0.941. The number of carbonyl (C=O) groups is 1. The van der Waals surface area contributed by atoms with Crippen LogP contribution in [-0.4, -0.2) is 16.1 Å². The summed E-state index contributed by atoms with van der Waals surface area (Å²) in [6, 6.07) is 3.52. The van der Waals surface area contributed by atoms with E-state index < -0.39 is 5.97 Å². The Bertz CT molecular complexity index is 355. The number of hydrogen-bond acceptors (Lipinski definition) is 3. The Morgan fingerprint density at radius 3 is 3.00 bits per heavy atom. The highest BCUT2D eigenvalue weighted by atomic mass is 16.4. The van der Waals surface area contributed by atoms with Crippen LogP contribution in [0.15, 0.2) is 18.5 Å². The molecule has 4 nitrogen and oxygen atoms in total. The molecule has 1 heterocycles. The van der Waals surface area contributed by atoms with Crippen molar-refractivity contribution in [3.8, 4) is 6.07 Å². The predicted octanol–water partition coefficient (Wildman–Crippen LogP) is 1.24. The van der Waals surface area contributed by atoms with Crippen LogP contribution >= 0.6 is 0 Å². The molecule has 0 aliphatic rings. The molecule has 1 aromatic rings. The van der Waals surface area contributed by atoms with Gasteiger partial charge in [-0.3, -0.25) is 4.98 Å². The van der Waals surface area contributed by atoms with Crippen molar-refractivity contribution in [2.75, 3.05) is 0 Å². The van der Waals surface area contributed by atoms with E-state index in [0.29, 0.717) is 12.8 Å². The van der Waals surface area contributed by atoms with Crippen molar-refractivity contribution in [2.24, 2.45) is 0 Å². The molecule has 0 atom stereocenters. The van der Waals surface area contributed by atoms with Crippen molar-refractivity contribution in [1.29, 1.82) is 5.26 Å². The molecule has 0 bridgehead atoms. The molecule has 0 radical (unpaired) electrons. The van der Waals surface area contributed by atoms with E-state index in [1.54, 1.807) is 6.20 Å². The zero-order valence-corrected chi connectivity index (χ0v) is 6.90. The van der Waals surface area contributed by atoms with E-state index >= 15 is 0 Å². The van der Waals surface area contributed by atoms with Crippen LogP contribution in [0, 0.1) is 11.3 Å². The molecule has 0 amide bonds. The van der Waals surface area contributed by atoms with Gasteiger partial charge in [0, 0.05) is 18.8 Å². The van der Waals surface area contributed by atoms with E-state index in [1.807, 2.05) is 6.07 Å². The number of carboxylic acids is 1. The molecule has 4 heteroatoms. The molecule has 0 aliphatic carbocycles. The third kappa shape index (κ3) is 2.56. The topological polar surface area (TPSA) is 74.0 Å². The van der Waals surface area contributed by atoms with Gasteiger partial charge in [0.2, 0.25) is 0 Å². The van der Waals surface area contributed by atoms with Crippen LogP contribution in [0.3, 0.4) is 0 Å². The van der Waals surface area contributed by atoms with Crippen LogP contribution in [-0.2, 0) is 6.42 Å². The number of aryl methyl sites for hydroxylation is 1. The normalized spacial score (nSPS) is 9.15. The minimum Gasteiger partial charge on any atom is -0.478 e. The summed E-state index contributed by atoms with van der Waals surface area (Å²) in [6.45, 7) is 0. The zero-order chi connectivity index (χ0) is 9.68. The lowest BCUT2D eigenvalue weighted by molar-refractivity contribution is 0.0696. The van der Waals surface area contributed by atoms with Crippen molar-refractivity contribution in [2.45, 2.75) is 12.8 Å². The fourth-order valence-corrected chi connectivity index (χ4v) is 0.941. The minimum atomic E-state index is -0.994. The molecule has 1 aromatic heterocycles. The summed E-state index contributed by atoms with van der Waals surface area (Å²) in [5.41, 5.74) is 0.942. The molecule has 0 aromatic carbocycles. The van der Waals surface area contributed by atoms with Crippen molar-refractivity contribution >= 4 is 5.97 Å². The molecule has 13 heavy (non-hydrogen) atoms. The number of nitriles is 1. The molecule has 0 fully saturated rings. The predicted molar refractivity (Wildman–Crippen MR) is 45.1 cm³/mol. The van der Waals surface area contributed by atoms with E-state index in [2.05, 4.69) is 4.98 Å². The van der Waals surface area contributed by atoms with Gasteiger partial charge >= 0.3 is 5.97 Å². The molecule has 0 saturated heterocycles. The summed E-state index contributed by atoms with van der Waals surface area (Å²) in [5, 5.41) is 16.9. The minimum absolute atomic E-state index is 0.162. The van der Waals surface area contributed by atoms with Gasteiger partial charge in [-0.2, -0.15) is 5.26 Å². The second-order valence-corrected chi connectivity index (χ2v) is 2.55. The maximum atomic E-state index is 10.5. The van der Waals surface area contributed by atoms with E-state index in [1.165, 1.54) is 12.3 Å². The third-order valence-electron chi connectivity index (χ3n) is 1.57. The van der Waals surface area contributed by atoms with Crippen molar-refractivity contribution in [3.05, 3.63) is 29.6 Å². The average molecular weight is 176 g/mol. The highest BCUT2D eigenvalue weighted by Gasteiger charge is 2.03. The lowest BCUT2D eigenvalue weighted by atomic mass is 10.1. The number of aromatic nitrogens is 1. The van der Waals surface area contributed by atoms with Crippen LogP contribution in [0.5, 0.6) is 0 Å². The van der Waals surface area contributed by atoms with E-state index in [9.17, 15) is 4.79 Å². The maximum absolute atomic E-state index is 10.5. The monoisotopic (exact) mass is 176 g/mol. The molecule has 0 aliphatic heterocycles. The van der Waals surface area contributed by atoms with Crippen molar-refractivity contribution in [3.63, 3.8) is 0 Å². The van der Waals surface area contributed by atoms with Gasteiger partial charge in [0.1, 0.15) is 0 Å². The van der Waals surface area contributed by atoms with Crippen LogP contribution in [0.25, 0.3) is 0 Å². The Morgan fingerprint density at radius 2 is 2.38 bits per heavy atom. The first-order valence-corrected chi connectivity index (χ1v) is 3.78. The number of rotatable bonds is 3. The Morgan fingerprint density at radius 1 is 1.62 bits per heavy atom. The summed E-state index contributed by atoms with van der Waals surface area (Å²) in [4.78, 5) is 14.3. The molecule has 0 saturated carbocycles. The van der Waals surface area contributed by atoms with Crippen LogP contribution in [0.4, 0.5) is 0 Å². The first kappa shape index (κ1) is 9.20. The molecule has 66 valence electrons. The maximum Gasteiger partial charge on any atom is 0.337 e. The highest BCUT2D eigenvalue weighted by Crippen LogP contribution is 2.04. The summed E-state index contributed by atoms with van der Waals surface area (Å²) >= 11 is 0. The molecule has 0 spiro atoms. The summed E-state index contributed by atoms with van der Waals surface area (Å²) in [7, 11) is 0. The first-order valence-electron chi connectivity index (χ1n) is 3.78. The number of hydrogen-bond donors (Lipinski definition) is 1. The molecular formula is C9H8N2O2. The smallest absolute Gasteiger partial charge is 0.337 e. The lowest BCUT2D eigenvalue weighted by Crippen LogP contribution is -1.98. The van der Waals surface area contributed by atoms with Gasteiger partial charge < -0.3 is 5.11 Å². The summed E-state index contributed by atoms with van der Waals surface area (Å²) in [6.07, 6.45) is 3.79. The van der Waals surface area contributed by atoms with Crippen molar-refractivity contribution in [1.82, 2.24) is 4.98 Å². The fraction of sp³-hybridized carbons (Fsp3) is 0.222. The van der Waals surface area contributed by atoms with Crippen LogP contribution in [0.2, 0.25) is 0 Å². The average Bonchev–Trinajstić information content (AvgIpc) is 2.15. The first-order chi connectivity index (χ1) is 6.24. The Labute approximate surface area is 75.5 Å². The summed E-state index contributed by atoms with van der Waals surface area (Å²) in [5.74, 6) is -0.994. The SMILES string of the molecule is N#CCCc1cncc(C(=O)O)c1. The van der Waals surface area contributed by atoms with Gasteiger partial charge in [-0.1, -0.05) is 0 Å². The number of aromatic carboxylic acids is 1. The summed E-state index contributed by atoms with van der Waals surface area (Å²) < 4.78 is 0. The molecular weight excluding hydrogens is 168 g/mol. The van der Waals surface area contributed by atoms with E-state index in [0.717, 1.165) is 5.56 Å². The zero-order valence-electron chi connectivity index (χ0n) is 6.90. The number of pyridine rings is 1. The molecule has 1 rings (SSSR count).